The first-order valence-corrected chi connectivity index (χ1v) is 6.80. The maximum atomic E-state index is 12.0. The normalized spacial score (nSPS) is 22.1. The Labute approximate surface area is 108 Å². The number of likely N-dealkylation sites (tertiary alicyclic amines) is 1. The molecule has 0 radical (unpaired) electrons. The summed E-state index contributed by atoms with van der Waals surface area (Å²) in [5, 5.41) is 0. The van der Waals surface area contributed by atoms with Gasteiger partial charge in [0, 0.05) is 26.2 Å². The van der Waals surface area contributed by atoms with E-state index in [2.05, 4.69) is 6.92 Å². The minimum absolute atomic E-state index is 0.0154. The van der Waals surface area contributed by atoms with Crippen LogP contribution in [0.25, 0.3) is 0 Å². The Morgan fingerprint density at radius 3 is 2.06 bits per heavy atom. The summed E-state index contributed by atoms with van der Waals surface area (Å²) in [6, 6.07) is 0. The first kappa shape index (κ1) is 13.3. The van der Waals surface area contributed by atoms with Gasteiger partial charge in [-0.3, -0.25) is 9.59 Å². The largest absolute Gasteiger partial charge is 0.378 e. The second kappa shape index (κ2) is 6.18. The maximum absolute atomic E-state index is 12.0. The van der Waals surface area contributed by atoms with Gasteiger partial charge in [-0.05, 0) is 18.8 Å². The lowest BCUT2D eigenvalue weighted by molar-refractivity contribution is -0.143. The predicted molar refractivity (Wildman–Crippen MR) is 67.0 cm³/mol. The highest BCUT2D eigenvalue weighted by atomic mass is 16.5. The van der Waals surface area contributed by atoms with Gasteiger partial charge in [0.05, 0.1) is 13.2 Å². The van der Waals surface area contributed by atoms with Crippen molar-refractivity contribution in [3.8, 4) is 0 Å². The molecule has 0 aromatic rings. The molecule has 0 atom stereocenters. The van der Waals surface area contributed by atoms with E-state index in [0.717, 1.165) is 25.9 Å². The van der Waals surface area contributed by atoms with Crippen molar-refractivity contribution in [3.63, 3.8) is 0 Å². The van der Waals surface area contributed by atoms with Crippen molar-refractivity contribution in [2.24, 2.45) is 5.92 Å². The molecule has 0 saturated carbocycles. The fraction of sp³-hybridized carbons (Fsp3) is 0.846. The number of ether oxygens (including phenoxy) is 1. The summed E-state index contributed by atoms with van der Waals surface area (Å²) in [7, 11) is 0. The molecular weight excluding hydrogens is 232 g/mol. The van der Waals surface area contributed by atoms with E-state index in [1.165, 1.54) is 0 Å². The van der Waals surface area contributed by atoms with Crippen LogP contribution in [0, 0.1) is 5.92 Å². The molecule has 0 aliphatic carbocycles. The number of carbonyl (C=O) groups excluding carboxylic acids is 2. The van der Waals surface area contributed by atoms with E-state index >= 15 is 0 Å². The van der Waals surface area contributed by atoms with E-state index in [-0.39, 0.29) is 18.2 Å². The molecule has 2 aliphatic rings. The lowest BCUT2D eigenvalue weighted by Gasteiger charge is -2.31. The van der Waals surface area contributed by atoms with Crippen LogP contribution in [0.2, 0.25) is 0 Å². The van der Waals surface area contributed by atoms with Gasteiger partial charge in [-0.2, -0.15) is 0 Å². The van der Waals surface area contributed by atoms with Gasteiger partial charge in [-0.25, -0.2) is 0 Å². The first-order valence-electron chi connectivity index (χ1n) is 6.80. The Hall–Kier alpha value is -1.10. The minimum Gasteiger partial charge on any atom is -0.378 e. The summed E-state index contributed by atoms with van der Waals surface area (Å²) in [6.07, 6.45) is 2.13. The summed E-state index contributed by atoms with van der Waals surface area (Å²) in [5.41, 5.74) is 0. The number of rotatable bonds is 2. The van der Waals surface area contributed by atoms with Crippen molar-refractivity contribution >= 4 is 11.8 Å². The van der Waals surface area contributed by atoms with E-state index < -0.39 is 0 Å². The molecule has 0 unspecified atom stereocenters. The molecule has 0 aromatic heterocycles. The van der Waals surface area contributed by atoms with Gasteiger partial charge in [0.15, 0.2) is 0 Å². The molecule has 0 spiro atoms. The average Bonchev–Trinajstić information content (AvgIpc) is 2.40. The third-order valence-corrected chi connectivity index (χ3v) is 3.80. The van der Waals surface area contributed by atoms with Crippen LogP contribution in [-0.2, 0) is 14.3 Å². The highest BCUT2D eigenvalue weighted by Crippen LogP contribution is 2.16. The van der Waals surface area contributed by atoms with Gasteiger partial charge in [0.1, 0.15) is 6.42 Å². The van der Waals surface area contributed by atoms with E-state index in [1.54, 1.807) is 4.90 Å². The van der Waals surface area contributed by atoms with Gasteiger partial charge in [0.2, 0.25) is 11.8 Å². The molecule has 2 rings (SSSR count). The molecular formula is C13H22N2O3. The van der Waals surface area contributed by atoms with E-state index in [4.69, 9.17) is 4.74 Å². The molecule has 2 heterocycles. The number of morpholine rings is 1. The molecule has 0 bridgehead atoms. The summed E-state index contributed by atoms with van der Waals surface area (Å²) in [6.45, 7) is 6.21. The minimum atomic E-state index is -0.0538. The zero-order valence-electron chi connectivity index (χ0n) is 11.1. The zero-order chi connectivity index (χ0) is 13.0. The molecule has 0 aromatic carbocycles. The first-order chi connectivity index (χ1) is 8.66. The van der Waals surface area contributed by atoms with Crippen LogP contribution in [0.15, 0.2) is 0 Å². The monoisotopic (exact) mass is 254 g/mol. The summed E-state index contributed by atoms with van der Waals surface area (Å²) in [4.78, 5) is 27.5. The molecule has 2 saturated heterocycles. The summed E-state index contributed by atoms with van der Waals surface area (Å²) < 4.78 is 5.19. The molecule has 2 aliphatic heterocycles. The average molecular weight is 254 g/mol. The Morgan fingerprint density at radius 1 is 1.00 bits per heavy atom. The third-order valence-electron chi connectivity index (χ3n) is 3.80. The molecule has 2 fully saturated rings. The van der Waals surface area contributed by atoms with Crippen LogP contribution in [0.1, 0.15) is 26.2 Å². The fourth-order valence-electron chi connectivity index (χ4n) is 2.42. The lowest BCUT2D eigenvalue weighted by atomic mass is 9.99. The number of amides is 2. The lowest BCUT2D eigenvalue weighted by Crippen LogP contribution is -2.44. The SMILES string of the molecule is CC1CCN(C(=O)CC(=O)N2CCOCC2)CC1. The summed E-state index contributed by atoms with van der Waals surface area (Å²) in [5.74, 6) is 0.629. The van der Waals surface area contributed by atoms with Crippen LogP contribution in [0.5, 0.6) is 0 Å². The van der Waals surface area contributed by atoms with Crippen molar-refractivity contribution in [2.75, 3.05) is 39.4 Å². The van der Waals surface area contributed by atoms with Crippen LogP contribution >= 0.6 is 0 Å². The van der Waals surface area contributed by atoms with Crippen molar-refractivity contribution in [1.82, 2.24) is 9.80 Å². The summed E-state index contributed by atoms with van der Waals surface area (Å²) >= 11 is 0. The van der Waals surface area contributed by atoms with Gasteiger partial charge >= 0.3 is 0 Å². The van der Waals surface area contributed by atoms with Crippen molar-refractivity contribution in [2.45, 2.75) is 26.2 Å². The standard InChI is InChI=1S/C13H22N2O3/c1-11-2-4-14(5-3-11)12(16)10-13(17)15-6-8-18-9-7-15/h11H,2-10H2,1H3. The molecule has 5 heteroatoms. The van der Waals surface area contributed by atoms with Crippen molar-refractivity contribution < 1.29 is 14.3 Å². The van der Waals surface area contributed by atoms with Crippen LogP contribution in [0.4, 0.5) is 0 Å². The Kier molecular flexibility index (Phi) is 4.58. The van der Waals surface area contributed by atoms with Crippen molar-refractivity contribution in [1.29, 1.82) is 0 Å². The van der Waals surface area contributed by atoms with Crippen LogP contribution < -0.4 is 0 Å². The van der Waals surface area contributed by atoms with Crippen molar-refractivity contribution in [3.05, 3.63) is 0 Å². The fourth-order valence-corrected chi connectivity index (χ4v) is 2.42. The van der Waals surface area contributed by atoms with Gasteiger partial charge in [-0.1, -0.05) is 6.92 Å². The molecule has 18 heavy (non-hydrogen) atoms. The second-order valence-electron chi connectivity index (χ2n) is 5.23. The van der Waals surface area contributed by atoms with Gasteiger partial charge < -0.3 is 14.5 Å². The predicted octanol–water partition coefficient (Wildman–Crippen LogP) is 0.494. The number of piperidine rings is 1. The van der Waals surface area contributed by atoms with Crippen LogP contribution in [-0.4, -0.2) is 61.0 Å². The number of nitrogens with zero attached hydrogens (tertiary/aromatic N) is 2. The second-order valence-corrected chi connectivity index (χ2v) is 5.23. The molecule has 0 N–H and O–H groups in total. The quantitative estimate of drug-likeness (QED) is 0.674. The topological polar surface area (TPSA) is 49.9 Å². The van der Waals surface area contributed by atoms with Gasteiger partial charge in [-0.15, -0.1) is 0 Å². The molecule has 5 nitrogen and oxygen atoms in total. The molecule has 2 amide bonds. The molecule has 102 valence electrons. The Balaban J connectivity index is 1.77. The van der Waals surface area contributed by atoms with E-state index in [0.29, 0.717) is 32.2 Å². The third kappa shape index (κ3) is 3.45. The number of hydrogen-bond acceptors (Lipinski definition) is 3. The van der Waals surface area contributed by atoms with Gasteiger partial charge in [0.25, 0.3) is 0 Å². The zero-order valence-corrected chi connectivity index (χ0v) is 11.1. The Bertz CT molecular complexity index is 305. The highest BCUT2D eigenvalue weighted by molar-refractivity contribution is 5.97. The van der Waals surface area contributed by atoms with E-state index in [9.17, 15) is 9.59 Å². The highest BCUT2D eigenvalue weighted by Gasteiger charge is 2.25. The van der Waals surface area contributed by atoms with Crippen LogP contribution in [0.3, 0.4) is 0 Å². The maximum Gasteiger partial charge on any atom is 0.232 e. The number of carbonyl (C=O) groups is 2. The Morgan fingerprint density at radius 2 is 1.50 bits per heavy atom. The number of hydrogen-bond donors (Lipinski definition) is 0. The smallest absolute Gasteiger partial charge is 0.232 e. The van der Waals surface area contributed by atoms with E-state index in [1.807, 2.05) is 4.90 Å².